The van der Waals surface area contributed by atoms with Crippen molar-refractivity contribution in [3.63, 3.8) is 0 Å². The average molecular weight is 269 g/mol. The minimum atomic E-state index is -0.255. The fourth-order valence-corrected chi connectivity index (χ4v) is 1.87. The highest BCUT2D eigenvalue weighted by molar-refractivity contribution is 5.21. The van der Waals surface area contributed by atoms with Crippen LogP contribution in [0.25, 0.3) is 0 Å². The molecule has 0 spiro atoms. The summed E-state index contributed by atoms with van der Waals surface area (Å²) in [6.07, 6.45) is 0. The van der Waals surface area contributed by atoms with Crippen molar-refractivity contribution < 1.29 is 18.6 Å². The third-order valence-electron chi connectivity index (χ3n) is 2.97. The SMILES string of the molecule is Fc1ccc(OCCOCCN2CCOCC2)cc1. The highest BCUT2D eigenvalue weighted by atomic mass is 19.1. The monoisotopic (exact) mass is 269 g/mol. The smallest absolute Gasteiger partial charge is 0.123 e. The Labute approximate surface area is 113 Å². The van der Waals surface area contributed by atoms with Gasteiger partial charge in [0.15, 0.2) is 0 Å². The molecule has 0 atom stereocenters. The summed E-state index contributed by atoms with van der Waals surface area (Å²) < 4.78 is 28.9. The van der Waals surface area contributed by atoms with Gasteiger partial charge < -0.3 is 14.2 Å². The molecule has 0 aliphatic carbocycles. The van der Waals surface area contributed by atoms with E-state index < -0.39 is 0 Å². The molecule has 1 aliphatic heterocycles. The topological polar surface area (TPSA) is 30.9 Å². The summed E-state index contributed by atoms with van der Waals surface area (Å²) in [6.45, 7) is 6.25. The van der Waals surface area contributed by atoms with Crippen molar-refractivity contribution in [2.24, 2.45) is 0 Å². The first kappa shape index (κ1) is 14.2. The molecule has 106 valence electrons. The van der Waals surface area contributed by atoms with Crippen molar-refractivity contribution in [2.75, 3.05) is 52.7 Å². The summed E-state index contributed by atoms with van der Waals surface area (Å²) in [5.74, 6) is 0.410. The van der Waals surface area contributed by atoms with E-state index in [9.17, 15) is 4.39 Å². The minimum absolute atomic E-state index is 0.255. The van der Waals surface area contributed by atoms with E-state index in [1.807, 2.05) is 0 Å². The van der Waals surface area contributed by atoms with Crippen LogP contribution in [-0.2, 0) is 9.47 Å². The third kappa shape index (κ3) is 5.55. The number of nitrogens with zero attached hydrogens (tertiary/aromatic N) is 1. The lowest BCUT2D eigenvalue weighted by molar-refractivity contribution is 0.0170. The van der Waals surface area contributed by atoms with Gasteiger partial charge in [-0.1, -0.05) is 0 Å². The molecule has 1 heterocycles. The van der Waals surface area contributed by atoms with Crippen molar-refractivity contribution in [2.45, 2.75) is 0 Å². The fourth-order valence-electron chi connectivity index (χ4n) is 1.87. The molecule has 1 aliphatic rings. The van der Waals surface area contributed by atoms with E-state index in [0.717, 1.165) is 32.8 Å². The third-order valence-corrected chi connectivity index (χ3v) is 2.97. The molecule has 4 nitrogen and oxygen atoms in total. The van der Waals surface area contributed by atoms with Crippen LogP contribution >= 0.6 is 0 Å². The summed E-state index contributed by atoms with van der Waals surface area (Å²) in [6, 6.07) is 6.00. The molecule has 0 amide bonds. The van der Waals surface area contributed by atoms with Crippen LogP contribution in [0.3, 0.4) is 0 Å². The van der Waals surface area contributed by atoms with Crippen LogP contribution in [0.5, 0.6) is 5.75 Å². The Morgan fingerprint density at radius 1 is 1.05 bits per heavy atom. The molecule has 1 saturated heterocycles. The summed E-state index contributed by atoms with van der Waals surface area (Å²) in [5.41, 5.74) is 0. The van der Waals surface area contributed by atoms with Gasteiger partial charge in [0.25, 0.3) is 0 Å². The molecule has 19 heavy (non-hydrogen) atoms. The molecular formula is C14H20FNO3. The maximum atomic E-state index is 12.7. The highest BCUT2D eigenvalue weighted by Gasteiger charge is 2.09. The second-order valence-electron chi connectivity index (χ2n) is 4.37. The Balaban J connectivity index is 1.49. The second kappa shape index (κ2) is 8.09. The summed E-state index contributed by atoms with van der Waals surface area (Å²) in [4.78, 5) is 2.32. The first-order valence-electron chi connectivity index (χ1n) is 6.61. The van der Waals surface area contributed by atoms with E-state index >= 15 is 0 Å². The van der Waals surface area contributed by atoms with E-state index in [1.165, 1.54) is 12.1 Å². The van der Waals surface area contributed by atoms with Gasteiger partial charge in [-0.2, -0.15) is 0 Å². The van der Waals surface area contributed by atoms with Gasteiger partial charge in [-0.15, -0.1) is 0 Å². The van der Waals surface area contributed by atoms with Crippen LogP contribution < -0.4 is 4.74 Å². The normalized spacial score (nSPS) is 16.5. The Hall–Kier alpha value is -1.17. The van der Waals surface area contributed by atoms with Crippen molar-refractivity contribution in [3.05, 3.63) is 30.1 Å². The Morgan fingerprint density at radius 2 is 1.79 bits per heavy atom. The highest BCUT2D eigenvalue weighted by Crippen LogP contribution is 2.10. The molecule has 0 unspecified atom stereocenters. The number of benzene rings is 1. The van der Waals surface area contributed by atoms with E-state index in [1.54, 1.807) is 12.1 Å². The average Bonchev–Trinajstić information content (AvgIpc) is 2.46. The lowest BCUT2D eigenvalue weighted by atomic mass is 10.3. The van der Waals surface area contributed by atoms with Crippen molar-refractivity contribution >= 4 is 0 Å². The van der Waals surface area contributed by atoms with Crippen LogP contribution in [0.2, 0.25) is 0 Å². The van der Waals surface area contributed by atoms with Crippen LogP contribution in [-0.4, -0.2) is 57.6 Å². The molecule has 0 saturated carbocycles. The predicted molar refractivity (Wildman–Crippen MR) is 70.0 cm³/mol. The summed E-state index contributed by atoms with van der Waals surface area (Å²) in [7, 11) is 0. The van der Waals surface area contributed by atoms with E-state index in [-0.39, 0.29) is 5.82 Å². The van der Waals surface area contributed by atoms with Crippen LogP contribution in [0.15, 0.2) is 24.3 Å². The first-order chi connectivity index (χ1) is 9.34. The molecular weight excluding hydrogens is 249 g/mol. The van der Waals surface area contributed by atoms with Crippen molar-refractivity contribution in [1.29, 1.82) is 0 Å². The van der Waals surface area contributed by atoms with Gasteiger partial charge in [-0.3, -0.25) is 4.90 Å². The quantitative estimate of drug-likeness (QED) is 0.703. The predicted octanol–water partition coefficient (Wildman–Crippen LogP) is 1.55. The number of ether oxygens (including phenoxy) is 3. The minimum Gasteiger partial charge on any atom is -0.491 e. The fraction of sp³-hybridized carbons (Fsp3) is 0.571. The number of hydrogen-bond donors (Lipinski definition) is 0. The largest absolute Gasteiger partial charge is 0.491 e. The van der Waals surface area contributed by atoms with Gasteiger partial charge in [0.1, 0.15) is 18.2 Å². The van der Waals surface area contributed by atoms with Gasteiger partial charge in [0.2, 0.25) is 0 Å². The molecule has 1 aromatic carbocycles. The van der Waals surface area contributed by atoms with Crippen molar-refractivity contribution in [3.8, 4) is 5.75 Å². The molecule has 0 N–H and O–H groups in total. The molecule has 0 radical (unpaired) electrons. The van der Waals surface area contributed by atoms with Gasteiger partial charge in [0, 0.05) is 19.6 Å². The van der Waals surface area contributed by atoms with E-state index in [2.05, 4.69) is 4.90 Å². The Bertz CT molecular complexity index is 352. The van der Waals surface area contributed by atoms with Gasteiger partial charge in [-0.05, 0) is 24.3 Å². The molecule has 5 heteroatoms. The van der Waals surface area contributed by atoms with Crippen LogP contribution in [0, 0.1) is 5.82 Å². The zero-order chi connectivity index (χ0) is 13.3. The molecule has 0 aromatic heterocycles. The number of hydrogen-bond acceptors (Lipinski definition) is 4. The zero-order valence-corrected chi connectivity index (χ0v) is 11.0. The Morgan fingerprint density at radius 3 is 2.53 bits per heavy atom. The number of halogens is 1. The second-order valence-corrected chi connectivity index (χ2v) is 4.37. The zero-order valence-electron chi connectivity index (χ0n) is 11.0. The Kier molecular flexibility index (Phi) is 6.07. The van der Waals surface area contributed by atoms with Gasteiger partial charge >= 0.3 is 0 Å². The van der Waals surface area contributed by atoms with Crippen molar-refractivity contribution in [1.82, 2.24) is 4.90 Å². The lowest BCUT2D eigenvalue weighted by Crippen LogP contribution is -2.38. The molecule has 2 rings (SSSR count). The maximum absolute atomic E-state index is 12.7. The van der Waals surface area contributed by atoms with Crippen LogP contribution in [0.4, 0.5) is 4.39 Å². The number of rotatable bonds is 7. The van der Waals surface area contributed by atoms with E-state index in [0.29, 0.717) is 25.6 Å². The van der Waals surface area contributed by atoms with Crippen LogP contribution in [0.1, 0.15) is 0 Å². The standard InChI is InChI=1S/C14H20FNO3/c15-13-1-3-14(4-2-13)19-12-11-18-10-7-16-5-8-17-9-6-16/h1-4H,5-12H2. The lowest BCUT2D eigenvalue weighted by Gasteiger charge is -2.26. The van der Waals surface area contributed by atoms with Gasteiger partial charge in [0.05, 0.1) is 26.4 Å². The summed E-state index contributed by atoms with van der Waals surface area (Å²) in [5, 5.41) is 0. The summed E-state index contributed by atoms with van der Waals surface area (Å²) >= 11 is 0. The maximum Gasteiger partial charge on any atom is 0.123 e. The first-order valence-corrected chi connectivity index (χ1v) is 6.61. The van der Waals surface area contributed by atoms with E-state index in [4.69, 9.17) is 14.2 Å². The van der Waals surface area contributed by atoms with Gasteiger partial charge in [-0.25, -0.2) is 4.39 Å². The molecule has 1 fully saturated rings. The molecule has 0 bridgehead atoms. The molecule has 1 aromatic rings. The number of morpholine rings is 1.